The summed E-state index contributed by atoms with van der Waals surface area (Å²) in [4.78, 5) is 21.0. The molecule has 7 nitrogen and oxygen atoms in total. The molecule has 1 saturated heterocycles. The highest BCUT2D eigenvalue weighted by Gasteiger charge is 2.57. The zero-order valence-corrected chi connectivity index (χ0v) is 17.2. The lowest BCUT2D eigenvalue weighted by Crippen LogP contribution is -2.54. The van der Waals surface area contributed by atoms with E-state index in [4.69, 9.17) is 4.74 Å². The molecule has 2 aliphatic heterocycles. The van der Waals surface area contributed by atoms with Crippen LogP contribution in [0.3, 0.4) is 0 Å². The van der Waals surface area contributed by atoms with E-state index in [0.717, 1.165) is 5.01 Å². The number of halogens is 3. The van der Waals surface area contributed by atoms with Gasteiger partial charge in [-0.15, -0.1) is 0 Å². The molecule has 1 amide bonds. The predicted octanol–water partition coefficient (Wildman–Crippen LogP) is 3.29. The van der Waals surface area contributed by atoms with E-state index in [1.165, 1.54) is 7.11 Å². The molecule has 3 aromatic rings. The number of amides is 1. The zero-order valence-electron chi connectivity index (χ0n) is 17.2. The van der Waals surface area contributed by atoms with Crippen molar-refractivity contribution in [3.05, 3.63) is 65.6 Å². The number of nitrogens with zero attached hydrogens (tertiary/aromatic N) is 2. The van der Waals surface area contributed by atoms with Crippen molar-refractivity contribution in [2.75, 3.05) is 7.11 Å². The first-order valence-electron chi connectivity index (χ1n) is 10.0. The van der Waals surface area contributed by atoms with Crippen LogP contribution in [0.15, 0.2) is 54.2 Å². The highest BCUT2D eigenvalue weighted by Crippen LogP contribution is 2.42. The summed E-state index contributed by atoms with van der Waals surface area (Å²) < 4.78 is 47.1. The number of fused-ring (bicyclic) bond motifs is 2. The maximum Gasteiger partial charge on any atom is 0.406 e. The fourth-order valence-corrected chi connectivity index (χ4v) is 4.46. The molecule has 1 aromatic heterocycles. The van der Waals surface area contributed by atoms with Gasteiger partial charge in [-0.25, -0.2) is 15.4 Å². The number of benzene rings is 2. The van der Waals surface area contributed by atoms with Gasteiger partial charge in [-0.3, -0.25) is 4.79 Å². The molecule has 3 heterocycles. The monoisotopic (exact) mass is 443 g/mol. The molecule has 5 rings (SSSR count). The van der Waals surface area contributed by atoms with Gasteiger partial charge in [0.1, 0.15) is 34.9 Å². The second-order valence-electron chi connectivity index (χ2n) is 7.79. The van der Waals surface area contributed by atoms with Gasteiger partial charge in [0.2, 0.25) is 0 Å². The Hall–Kier alpha value is -3.53. The first kappa shape index (κ1) is 20.4. The molecule has 32 heavy (non-hydrogen) atoms. The summed E-state index contributed by atoms with van der Waals surface area (Å²) in [6.07, 6.45) is -5.46. The van der Waals surface area contributed by atoms with Crippen LogP contribution in [0, 0.1) is 0 Å². The number of hydrogen-bond donors (Lipinski definition) is 3. The van der Waals surface area contributed by atoms with Crippen LogP contribution >= 0.6 is 0 Å². The number of methoxy groups -OCH3 is 1. The number of rotatable bonds is 3. The molecule has 3 unspecified atom stereocenters. The zero-order chi connectivity index (χ0) is 22.6. The molecule has 0 saturated carbocycles. The average Bonchev–Trinajstić information content (AvgIpc) is 3.36. The van der Waals surface area contributed by atoms with Gasteiger partial charge in [-0.1, -0.05) is 36.4 Å². The molecule has 2 aliphatic rings. The Labute approximate surface area is 181 Å². The smallest absolute Gasteiger partial charge is 0.406 e. The third-order valence-electron chi connectivity index (χ3n) is 5.90. The predicted molar refractivity (Wildman–Crippen MR) is 111 cm³/mol. The van der Waals surface area contributed by atoms with Crippen molar-refractivity contribution in [2.24, 2.45) is 0 Å². The summed E-state index contributed by atoms with van der Waals surface area (Å²) in [6, 6.07) is 11.8. The molecule has 3 atom stereocenters. The number of nitrogens with one attached hydrogen (secondary N) is 3. The third-order valence-corrected chi connectivity index (χ3v) is 5.90. The Bertz CT molecular complexity index is 1220. The molecule has 166 valence electrons. The van der Waals surface area contributed by atoms with Crippen molar-refractivity contribution in [3.63, 3.8) is 0 Å². The Balaban J connectivity index is 1.58. The lowest BCUT2D eigenvalue weighted by atomic mass is 9.89. The Morgan fingerprint density at radius 3 is 2.53 bits per heavy atom. The van der Waals surface area contributed by atoms with Gasteiger partial charge in [0, 0.05) is 5.70 Å². The van der Waals surface area contributed by atoms with E-state index >= 15 is 0 Å². The van der Waals surface area contributed by atoms with Crippen LogP contribution in [0.5, 0.6) is 5.75 Å². The third kappa shape index (κ3) is 3.10. The van der Waals surface area contributed by atoms with Crippen LogP contribution < -0.4 is 15.5 Å². The highest BCUT2D eigenvalue weighted by atomic mass is 19.4. The summed E-state index contributed by atoms with van der Waals surface area (Å²) in [5, 5.41) is 4.14. The van der Waals surface area contributed by atoms with Crippen LogP contribution in [0.2, 0.25) is 0 Å². The summed E-state index contributed by atoms with van der Waals surface area (Å²) >= 11 is 0. The first-order chi connectivity index (χ1) is 15.3. The number of aromatic nitrogens is 2. The average molecular weight is 443 g/mol. The molecule has 0 bridgehead atoms. The molecule has 0 spiro atoms. The summed E-state index contributed by atoms with van der Waals surface area (Å²) in [5.41, 5.74) is 4.69. The quantitative estimate of drug-likeness (QED) is 0.579. The molecule has 10 heteroatoms. The van der Waals surface area contributed by atoms with E-state index in [1.807, 2.05) is 0 Å². The molecular weight excluding hydrogens is 423 g/mol. The number of ether oxygens (including phenoxy) is 1. The molecule has 3 N–H and O–H groups in total. The summed E-state index contributed by atoms with van der Waals surface area (Å²) in [6.45, 7) is 1.66. The molecule has 0 radical (unpaired) electrons. The first-order valence-corrected chi connectivity index (χ1v) is 10.0. The van der Waals surface area contributed by atoms with Crippen LogP contribution in [0.1, 0.15) is 24.2 Å². The fraction of sp³-hybridized carbons (Fsp3) is 0.273. The number of carbonyl (C=O) groups excluding carboxylic acids is 1. The number of H-pyrrole nitrogens is 1. The van der Waals surface area contributed by atoms with Crippen LogP contribution in [0.4, 0.5) is 13.2 Å². The van der Waals surface area contributed by atoms with Gasteiger partial charge < -0.3 is 15.0 Å². The van der Waals surface area contributed by atoms with Crippen molar-refractivity contribution in [2.45, 2.75) is 31.2 Å². The molecule has 1 fully saturated rings. The second-order valence-corrected chi connectivity index (χ2v) is 7.79. The second kappa shape index (κ2) is 7.27. The van der Waals surface area contributed by atoms with Gasteiger partial charge in [0.15, 0.2) is 0 Å². The van der Waals surface area contributed by atoms with E-state index in [9.17, 15) is 18.0 Å². The number of imidazole rings is 1. The van der Waals surface area contributed by atoms with Gasteiger partial charge >= 0.3 is 6.18 Å². The molecule has 2 aromatic carbocycles. The van der Waals surface area contributed by atoms with E-state index in [1.54, 1.807) is 55.5 Å². The maximum atomic E-state index is 13.9. The Kier molecular flexibility index (Phi) is 4.63. The summed E-state index contributed by atoms with van der Waals surface area (Å²) in [5.74, 6) is -0.825. The van der Waals surface area contributed by atoms with Crippen molar-refractivity contribution in [1.29, 1.82) is 0 Å². The normalized spacial score (nSPS) is 23.5. The van der Waals surface area contributed by atoms with Gasteiger partial charge in [-0.2, -0.15) is 13.2 Å². The Morgan fingerprint density at radius 1 is 1.09 bits per heavy atom. The van der Waals surface area contributed by atoms with Crippen LogP contribution in [-0.2, 0) is 4.79 Å². The van der Waals surface area contributed by atoms with E-state index < -0.39 is 30.2 Å². The number of hydrazine groups is 1. The SMILES string of the molecule is COc1cccc2[nH]c(C3=C(C)NC4C(c5ccccc5)C(C(F)(F)F)NN4C3=O)nc12. The minimum absolute atomic E-state index is 0.168. The minimum Gasteiger partial charge on any atom is -0.494 e. The van der Waals surface area contributed by atoms with Crippen molar-refractivity contribution in [1.82, 2.24) is 25.7 Å². The van der Waals surface area contributed by atoms with E-state index in [0.29, 0.717) is 28.0 Å². The number of carbonyl (C=O) groups is 1. The van der Waals surface area contributed by atoms with Crippen molar-refractivity contribution in [3.8, 4) is 5.75 Å². The molecule has 0 aliphatic carbocycles. The van der Waals surface area contributed by atoms with Crippen molar-refractivity contribution >= 4 is 22.5 Å². The standard InChI is InChI=1S/C22H20F3N5O2/c1-11-15(19-27-13-9-6-10-14(32-2)17(13)28-19)21(31)30-20(26-11)16(12-7-4-3-5-8-12)18(29-30)22(23,24)25/h3-10,16,18,20,26,29H,1-2H3,(H,27,28). The van der Waals surface area contributed by atoms with Crippen LogP contribution in [-0.4, -0.2) is 46.4 Å². The van der Waals surface area contributed by atoms with Crippen molar-refractivity contribution < 1.29 is 22.7 Å². The number of aromatic amines is 1. The minimum atomic E-state index is -4.55. The maximum absolute atomic E-state index is 13.9. The van der Waals surface area contributed by atoms with Gasteiger partial charge in [0.05, 0.1) is 18.5 Å². The number of allylic oxidation sites excluding steroid dienone is 1. The van der Waals surface area contributed by atoms with E-state index in [-0.39, 0.29) is 11.4 Å². The Morgan fingerprint density at radius 2 is 1.84 bits per heavy atom. The number of alkyl halides is 3. The van der Waals surface area contributed by atoms with E-state index in [2.05, 4.69) is 20.7 Å². The summed E-state index contributed by atoms with van der Waals surface area (Å²) in [7, 11) is 1.51. The molecular formula is C22H20F3N5O2. The van der Waals surface area contributed by atoms with Gasteiger partial charge in [0.25, 0.3) is 5.91 Å². The topological polar surface area (TPSA) is 82.3 Å². The number of para-hydroxylation sites is 1. The fourth-order valence-electron chi connectivity index (χ4n) is 4.46. The number of hydrogen-bond acceptors (Lipinski definition) is 5. The lowest BCUT2D eigenvalue weighted by molar-refractivity contribution is -0.161. The lowest BCUT2D eigenvalue weighted by Gasteiger charge is -2.34. The van der Waals surface area contributed by atoms with Gasteiger partial charge in [-0.05, 0) is 24.6 Å². The van der Waals surface area contributed by atoms with Crippen LogP contribution in [0.25, 0.3) is 16.6 Å². The largest absolute Gasteiger partial charge is 0.494 e. The highest BCUT2D eigenvalue weighted by molar-refractivity contribution is 6.20.